The monoisotopic (exact) mass is 428 g/mol. The summed E-state index contributed by atoms with van der Waals surface area (Å²) in [5.41, 5.74) is 0. The number of ether oxygens (including phenoxy) is 1. The Morgan fingerprint density at radius 3 is 2.53 bits per heavy atom. The number of aromatic nitrogens is 3. The molecule has 0 amide bonds. The van der Waals surface area contributed by atoms with E-state index >= 15 is 0 Å². The van der Waals surface area contributed by atoms with Crippen molar-refractivity contribution in [3.63, 3.8) is 0 Å². The molecule has 9 nitrogen and oxygen atoms in total. The summed E-state index contributed by atoms with van der Waals surface area (Å²) in [4.78, 5) is 17.4. The molecule has 30 heavy (non-hydrogen) atoms. The zero-order valence-electron chi connectivity index (χ0n) is 16.9. The second-order valence-corrected chi connectivity index (χ2v) is 8.88. The molecule has 1 saturated heterocycles. The average Bonchev–Trinajstić information content (AvgIpc) is 2.77. The second kappa shape index (κ2) is 8.50. The van der Waals surface area contributed by atoms with Gasteiger partial charge in [-0.3, -0.25) is 0 Å². The van der Waals surface area contributed by atoms with Crippen LogP contribution in [0.4, 0.5) is 11.9 Å². The molecule has 3 aromatic rings. The Balaban J connectivity index is 1.61. The Labute approximate surface area is 175 Å². The van der Waals surface area contributed by atoms with Gasteiger partial charge in [-0.1, -0.05) is 36.4 Å². The van der Waals surface area contributed by atoms with Crippen LogP contribution in [0.1, 0.15) is 5.82 Å². The quantitative estimate of drug-likeness (QED) is 0.629. The van der Waals surface area contributed by atoms with E-state index in [9.17, 15) is 8.42 Å². The maximum atomic E-state index is 13.0. The Kier molecular flexibility index (Phi) is 5.80. The van der Waals surface area contributed by atoms with Crippen molar-refractivity contribution in [2.75, 3.05) is 50.2 Å². The fraction of sp³-hybridized carbons (Fsp3) is 0.350. The third-order valence-electron chi connectivity index (χ3n) is 4.81. The van der Waals surface area contributed by atoms with Crippen molar-refractivity contribution in [2.45, 2.75) is 11.4 Å². The summed E-state index contributed by atoms with van der Waals surface area (Å²) in [7, 11) is -0.0819. The van der Waals surface area contributed by atoms with Gasteiger partial charge in [0.1, 0.15) is 0 Å². The highest BCUT2D eigenvalue weighted by atomic mass is 32.2. The third kappa shape index (κ3) is 4.35. The van der Waals surface area contributed by atoms with Crippen LogP contribution in [-0.2, 0) is 21.3 Å². The first-order valence-electron chi connectivity index (χ1n) is 9.66. The minimum Gasteiger partial charge on any atom is -0.378 e. The highest BCUT2D eigenvalue weighted by Crippen LogP contribution is 2.23. The lowest BCUT2D eigenvalue weighted by Crippen LogP contribution is -2.38. The molecule has 1 aliphatic heterocycles. The highest BCUT2D eigenvalue weighted by Gasteiger charge is 2.20. The molecule has 10 heteroatoms. The van der Waals surface area contributed by atoms with Gasteiger partial charge in [-0.2, -0.15) is 15.0 Å². The summed E-state index contributed by atoms with van der Waals surface area (Å²) < 4.78 is 34.0. The molecule has 1 N–H and O–H groups in total. The lowest BCUT2D eigenvalue weighted by molar-refractivity contribution is 0.122. The fourth-order valence-electron chi connectivity index (χ4n) is 3.25. The first-order chi connectivity index (χ1) is 14.4. The minimum absolute atomic E-state index is 0.0355. The number of hydrogen-bond acceptors (Lipinski definition) is 8. The van der Waals surface area contributed by atoms with Crippen molar-refractivity contribution >= 4 is 32.7 Å². The van der Waals surface area contributed by atoms with E-state index in [-0.39, 0.29) is 11.4 Å². The number of rotatable bonds is 6. The molecular weight excluding hydrogens is 404 g/mol. The van der Waals surface area contributed by atoms with E-state index in [0.717, 1.165) is 5.39 Å². The van der Waals surface area contributed by atoms with E-state index < -0.39 is 10.0 Å². The van der Waals surface area contributed by atoms with E-state index in [1.807, 2.05) is 43.3 Å². The molecule has 0 unspecified atom stereocenters. The first kappa shape index (κ1) is 20.5. The van der Waals surface area contributed by atoms with Gasteiger partial charge < -0.3 is 14.5 Å². The van der Waals surface area contributed by atoms with Gasteiger partial charge in [0.25, 0.3) is 0 Å². The number of sulfonamides is 1. The van der Waals surface area contributed by atoms with Gasteiger partial charge in [0.05, 0.1) is 24.7 Å². The molecule has 0 saturated carbocycles. The van der Waals surface area contributed by atoms with Crippen molar-refractivity contribution in [3.8, 4) is 0 Å². The van der Waals surface area contributed by atoms with E-state index in [4.69, 9.17) is 4.74 Å². The summed E-state index contributed by atoms with van der Waals surface area (Å²) in [5, 5.41) is 1.54. The van der Waals surface area contributed by atoms with Crippen molar-refractivity contribution < 1.29 is 13.2 Å². The van der Waals surface area contributed by atoms with E-state index in [1.54, 1.807) is 23.1 Å². The molecular formula is C20H24N6O3S. The number of fused-ring (bicyclic) bond motifs is 1. The fourth-order valence-corrected chi connectivity index (χ4v) is 4.45. The van der Waals surface area contributed by atoms with E-state index in [2.05, 4.69) is 19.7 Å². The normalized spacial score (nSPS) is 14.8. The molecule has 2 heterocycles. The lowest BCUT2D eigenvalue weighted by atomic mass is 10.1. The molecule has 1 fully saturated rings. The Bertz CT molecular complexity index is 1140. The average molecular weight is 429 g/mol. The summed E-state index contributed by atoms with van der Waals surface area (Å²) in [6.45, 7) is 2.53. The number of hydrogen-bond donors (Lipinski definition) is 1. The van der Waals surface area contributed by atoms with Gasteiger partial charge in [-0.25, -0.2) is 13.1 Å². The van der Waals surface area contributed by atoms with Crippen LogP contribution in [0.25, 0.3) is 10.8 Å². The Morgan fingerprint density at radius 2 is 1.77 bits per heavy atom. The molecule has 0 bridgehead atoms. The second-order valence-electron chi connectivity index (χ2n) is 7.15. The molecule has 4 rings (SSSR count). The van der Waals surface area contributed by atoms with Gasteiger partial charge in [0, 0.05) is 32.6 Å². The van der Waals surface area contributed by atoms with Gasteiger partial charge in [0.2, 0.25) is 21.9 Å². The maximum absolute atomic E-state index is 13.0. The molecule has 0 aliphatic carbocycles. The summed E-state index contributed by atoms with van der Waals surface area (Å²) in [5.74, 6) is 1.36. The van der Waals surface area contributed by atoms with Crippen molar-refractivity contribution in [2.24, 2.45) is 0 Å². The highest BCUT2D eigenvalue weighted by molar-refractivity contribution is 7.89. The van der Waals surface area contributed by atoms with Gasteiger partial charge in [-0.05, 0) is 11.5 Å². The topological polar surface area (TPSA) is 101 Å². The first-order valence-corrected chi connectivity index (χ1v) is 11.1. The molecule has 0 spiro atoms. The molecule has 158 valence electrons. The predicted molar refractivity (Wildman–Crippen MR) is 115 cm³/mol. The minimum atomic E-state index is -3.75. The third-order valence-corrected chi connectivity index (χ3v) is 6.27. The number of morpholine rings is 1. The van der Waals surface area contributed by atoms with Crippen LogP contribution < -0.4 is 14.5 Å². The zero-order valence-corrected chi connectivity index (χ0v) is 17.8. The molecule has 1 aliphatic rings. The summed E-state index contributed by atoms with van der Waals surface area (Å²) >= 11 is 0. The number of benzene rings is 2. The van der Waals surface area contributed by atoms with Crippen molar-refractivity contribution in [3.05, 3.63) is 48.3 Å². The predicted octanol–water partition coefficient (Wildman–Crippen LogP) is 1.41. The maximum Gasteiger partial charge on any atom is 0.241 e. The van der Waals surface area contributed by atoms with Crippen LogP contribution in [0.5, 0.6) is 0 Å². The molecule has 0 radical (unpaired) electrons. The zero-order chi connectivity index (χ0) is 21.1. The smallest absolute Gasteiger partial charge is 0.241 e. The Morgan fingerprint density at radius 1 is 1.03 bits per heavy atom. The molecule has 2 aromatic carbocycles. The van der Waals surface area contributed by atoms with Crippen molar-refractivity contribution in [1.29, 1.82) is 0 Å². The molecule has 1 aromatic heterocycles. The largest absolute Gasteiger partial charge is 0.378 e. The van der Waals surface area contributed by atoms with Crippen LogP contribution in [0, 0.1) is 0 Å². The van der Waals surface area contributed by atoms with Gasteiger partial charge in [-0.15, -0.1) is 0 Å². The number of nitrogens with one attached hydrogen (secondary N) is 1. The summed E-state index contributed by atoms with van der Waals surface area (Å²) in [6, 6.07) is 12.6. The SMILES string of the molecule is CN(C)c1nc(CNS(=O)(=O)c2cccc3ccccc23)nc(N2CCOCC2)n1. The van der Waals surface area contributed by atoms with Gasteiger partial charge in [0.15, 0.2) is 5.82 Å². The lowest BCUT2D eigenvalue weighted by Gasteiger charge is -2.27. The van der Waals surface area contributed by atoms with E-state index in [1.165, 1.54) is 0 Å². The van der Waals surface area contributed by atoms with Crippen LogP contribution >= 0.6 is 0 Å². The van der Waals surface area contributed by atoms with E-state index in [0.29, 0.717) is 49.4 Å². The summed E-state index contributed by atoms with van der Waals surface area (Å²) in [6.07, 6.45) is 0. The molecule has 0 atom stereocenters. The van der Waals surface area contributed by atoms with Crippen LogP contribution in [-0.4, -0.2) is 63.8 Å². The van der Waals surface area contributed by atoms with Crippen LogP contribution in [0.3, 0.4) is 0 Å². The standard InChI is InChI=1S/C20H24N6O3S/c1-25(2)19-22-18(23-20(24-19)26-10-12-29-13-11-26)14-21-30(27,28)17-9-5-7-15-6-3-4-8-16(15)17/h3-9,21H,10-14H2,1-2H3. The Hall–Kier alpha value is -2.82. The van der Waals surface area contributed by atoms with Crippen LogP contribution in [0.15, 0.2) is 47.4 Å². The number of nitrogens with zero attached hydrogens (tertiary/aromatic N) is 5. The van der Waals surface area contributed by atoms with Gasteiger partial charge >= 0.3 is 0 Å². The number of anilines is 2. The van der Waals surface area contributed by atoms with Crippen molar-refractivity contribution in [1.82, 2.24) is 19.7 Å². The van der Waals surface area contributed by atoms with Crippen LogP contribution in [0.2, 0.25) is 0 Å².